The van der Waals surface area contributed by atoms with Crippen LogP contribution in [0.2, 0.25) is 0 Å². The van der Waals surface area contributed by atoms with E-state index in [1.165, 1.54) is 12.8 Å². The molecule has 0 aliphatic rings. The zero-order valence-corrected chi connectivity index (χ0v) is 6.81. The highest BCUT2D eigenvalue weighted by molar-refractivity contribution is 4.80. The molecule has 1 radical (unpaired) electrons. The smallest absolute Gasteiger partial charge is 0.0822 e. The van der Waals surface area contributed by atoms with Crippen LogP contribution in [0.5, 0.6) is 0 Å². The van der Waals surface area contributed by atoms with Gasteiger partial charge in [0.1, 0.15) is 0 Å². The van der Waals surface area contributed by atoms with E-state index in [4.69, 9.17) is 0 Å². The van der Waals surface area contributed by atoms with Gasteiger partial charge in [-0.05, 0) is 25.7 Å². The average molecular weight is 141 g/mol. The summed E-state index contributed by atoms with van der Waals surface area (Å²) in [5.41, 5.74) is 0. The monoisotopic (exact) mass is 141 g/mol. The lowest BCUT2D eigenvalue weighted by atomic mass is 10.2. The first kappa shape index (κ1) is 9.70. The van der Waals surface area contributed by atoms with Crippen LogP contribution >= 0.6 is 0 Å². The predicted octanol–water partition coefficient (Wildman–Crippen LogP) is 2.94. The number of hydrogen-bond acceptors (Lipinski definition) is 0. The summed E-state index contributed by atoms with van der Waals surface area (Å²) in [5, 5.41) is 9.99. The Labute approximate surface area is 63.8 Å². The second kappa shape index (κ2) is 8.70. The highest BCUT2D eigenvalue weighted by Crippen LogP contribution is 1.97. The summed E-state index contributed by atoms with van der Waals surface area (Å²) in [6.45, 7) is 2.25. The van der Waals surface area contributed by atoms with Crippen LogP contribution in [-0.2, 0) is 5.11 Å². The van der Waals surface area contributed by atoms with Gasteiger partial charge in [-0.1, -0.05) is 25.5 Å². The van der Waals surface area contributed by atoms with Crippen molar-refractivity contribution in [3.63, 3.8) is 0 Å². The number of rotatable bonds is 6. The van der Waals surface area contributed by atoms with Crippen LogP contribution in [0.1, 0.15) is 39.0 Å². The fourth-order valence-corrected chi connectivity index (χ4v) is 0.767. The Morgan fingerprint density at radius 3 is 2.40 bits per heavy atom. The first-order valence-corrected chi connectivity index (χ1v) is 4.15. The summed E-state index contributed by atoms with van der Waals surface area (Å²) in [6, 6.07) is 0. The van der Waals surface area contributed by atoms with E-state index in [0.29, 0.717) is 0 Å². The van der Waals surface area contributed by atoms with Crippen molar-refractivity contribution >= 4 is 0 Å². The van der Waals surface area contributed by atoms with Crippen LogP contribution in [0.4, 0.5) is 0 Å². The van der Waals surface area contributed by atoms with Gasteiger partial charge in [-0.3, -0.25) is 0 Å². The molecule has 59 valence electrons. The maximum absolute atomic E-state index is 9.99. The Morgan fingerprint density at radius 2 is 1.80 bits per heavy atom. The highest BCUT2D eigenvalue weighted by Gasteiger charge is 1.82. The second-order valence-electron chi connectivity index (χ2n) is 2.46. The molecule has 0 aromatic carbocycles. The van der Waals surface area contributed by atoms with Gasteiger partial charge in [-0.25, -0.2) is 5.11 Å². The Morgan fingerprint density at radius 1 is 1.10 bits per heavy atom. The molecule has 0 unspecified atom stereocenters. The minimum absolute atomic E-state index is 0.0849. The lowest BCUT2D eigenvalue weighted by Gasteiger charge is -1.89. The summed E-state index contributed by atoms with van der Waals surface area (Å²) in [6.07, 6.45) is 9.75. The van der Waals surface area contributed by atoms with Crippen LogP contribution in [-0.4, -0.2) is 6.61 Å². The summed E-state index contributed by atoms with van der Waals surface area (Å²) in [5.74, 6) is 0. The fraction of sp³-hybridized carbons (Fsp3) is 0.778. The molecule has 0 amide bonds. The van der Waals surface area contributed by atoms with Crippen molar-refractivity contribution in [2.45, 2.75) is 39.0 Å². The Balaban J connectivity index is 2.88. The molecule has 0 N–H and O–H groups in total. The van der Waals surface area contributed by atoms with Gasteiger partial charge in [0.25, 0.3) is 0 Å². The molecule has 0 bridgehead atoms. The molecule has 0 aromatic heterocycles. The Kier molecular flexibility index (Phi) is 8.44. The van der Waals surface area contributed by atoms with Crippen molar-refractivity contribution in [3.8, 4) is 0 Å². The van der Waals surface area contributed by atoms with E-state index in [9.17, 15) is 5.11 Å². The SMILES string of the molecule is CCCC=CCCCC[O]. The van der Waals surface area contributed by atoms with E-state index in [1.54, 1.807) is 0 Å². The molecule has 0 fully saturated rings. The molecule has 0 spiro atoms. The first-order chi connectivity index (χ1) is 4.91. The van der Waals surface area contributed by atoms with E-state index in [0.717, 1.165) is 19.3 Å². The molecule has 0 aromatic rings. The molecule has 0 rings (SSSR count). The van der Waals surface area contributed by atoms with E-state index >= 15 is 0 Å². The van der Waals surface area contributed by atoms with Gasteiger partial charge < -0.3 is 0 Å². The molecule has 0 saturated heterocycles. The average Bonchev–Trinajstić information content (AvgIpc) is 1.97. The van der Waals surface area contributed by atoms with Crippen molar-refractivity contribution in [2.75, 3.05) is 6.61 Å². The zero-order chi connectivity index (χ0) is 7.66. The summed E-state index contributed by atoms with van der Waals surface area (Å²) < 4.78 is 0. The Bertz CT molecular complexity index is 76.8. The maximum atomic E-state index is 9.99. The van der Waals surface area contributed by atoms with Crippen LogP contribution in [0, 0.1) is 0 Å². The Hall–Kier alpha value is -0.300. The highest BCUT2D eigenvalue weighted by atomic mass is 16.2. The van der Waals surface area contributed by atoms with E-state index < -0.39 is 0 Å². The predicted molar refractivity (Wildman–Crippen MR) is 43.5 cm³/mol. The first-order valence-electron chi connectivity index (χ1n) is 4.15. The van der Waals surface area contributed by atoms with Crippen molar-refractivity contribution < 1.29 is 5.11 Å². The molecule has 10 heavy (non-hydrogen) atoms. The molecule has 0 saturated carbocycles. The number of allylic oxidation sites excluding steroid dienone is 2. The lowest BCUT2D eigenvalue weighted by molar-refractivity contribution is 0.187. The third-order valence-corrected chi connectivity index (χ3v) is 1.39. The number of unbranched alkanes of at least 4 members (excludes halogenated alkanes) is 3. The van der Waals surface area contributed by atoms with Gasteiger partial charge >= 0.3 is 0 Å². The largest absolute Gasteiger partial charge is 0.237 e. The van der Waals surface area contributed by atoms with Gasteiger partial charge in [0.15, 0.2) is 0 Å². The van der Waals surface area contributed by atoms with E-state index in [2.05, 4.69) is 19.1 Å². The standard InChI is InChI=1S/C9H17O/c1-2-3-4-5-6-7-8-9-10/h4-5H,2-3,6-9H2,1H3. The molecule has 0 atom stereocenters. The molecular formula is C9H17O. The van der Waals surface area contributed by atoms with E-state index in [-0.39, 0.29) is 6.61 Å². The van der Waals surface area contributed by atoms with Gasteiger partial charge in [-0.15, -0.1) is 0 Å². The van der Waals surface area contributed by atoms with Crippen molar-refractivity contribution in [1.82, 2.24) is 0 Å². The summed E-state index contributed by atoms with van der Waals surface area (Å²) in [4.78, 5) is 0. The van der Waals surface area contributed by atoms with Crippen LogP contribution in [0.25, 0.3) is 0 Å². The van der Waals surface area contributed by atoms with Crippen molar-refractivity contribution in [2.24, 2.45) is 0 Å². The summed E-state index contributed by atoms with van der Waals surface area (Å²) >= 11 is 0. The van der Waals surface area contributed by atoms with E-state index in [1.807, 2.05) is 0 Å². The fourth-order valence-electron chi connectivity index (χ4n) is 0.767. The van der Waals surface area contributed by atoms with Crippen molar-refractivity contribution in [3.05, 3.63) is 12.2 Å². The third kappa shape index (κ3) is 7.70. The summed E-state index contributed by atoms with van der Waals surface area (Å²) in [7, 11) is 0. The third-order valence-electron chi connectivity index (χ3n) is 1.39. The van der Waals surface area contributed by atoms with Gasteiger partial charge in [0.05, 0.1) is 6.61 Å². The topological polar surface area (TPSA) is 19.9 Å². The molecule has 1 nitrogen and oxygen atoms in total. The maximum Gasteiger partial charge on any atom is 0.0822 e. The lowest BCUT2D eigenvalue weighted by Crippen LogP contribution is -1.78. The number of hydrogen-bond donors (Lipinski definition) is 0. The second-order valence-corrected chi connectivity index (χ2v) is 2.46. The van der Waals surface area contributed by atoms with Crippen molar-refractivity contribution in [1.29, 1.82) is 0 Å². The normalized spacial score (nSPS) is 11.0. The minimum atomic E-state index is 0.0849. The minimum Gasteiger partial charge on any atom is -0.237 e. The molecular weight excluding hydrogens is 124 g/mol. The zero-order valence-electron chi connectivity index (χ0n) is 6.81. The van der Waals surface area contributed by atoms with Crippen LogP contribution < -0.4 is 0 Å². The molecule has 0 aliphatic carbocycles. The molecule has 0 heterocycles. The van der Waals surface area contributed by atoms with Gasteiger partial charge in [0, 0.05) is 0 Å². The van der Waals surface area contributed by atoms with Crippen LogP contribution in [0.3, 0.4) is 0 Å². The van der Waals surface area contributed by atoms with Crippen LogP contribution in [0.15, 0.2) is 12.2 Å². The van der Waals surface area contributed by atoms with Gasteiger partial charge in [-0.2, -0.15) is 0 Å². The molecule has 1 heteroatoms. The quantitative estimate of drug-likeness (QED) is 0.400. The molecule has 0 aliphatic heterocycles. The van der Waals surface area contributed by atoms with Gasteiger partial charge in [0.2, 0.25) is 0 Å².